The average Bonchev–Trinajstić information content (AvgIpc) is 3.02. The third kappa shape index (κ3) is 5.41. The van der Waals surface area contributed by atoms with Crippen LogP contribution in [0.1, 0.15) is 45.1 Å². The Labute approximate surface area is 181 Å². The standard InChI is InChI=1S/C26H36N2O2/c1-20-7-6-8-21(2)17-25-23(12-11-20)24(26(29)30-25)19-28-15-13-27(14-16-28)18-22-9-4-3-5-10-22/h3-5,7,9-10,17,23-25H,6,8,11-16,18-19H2,1-2H3/b20-7?,21-17+/t23-,24-,25+/m0/s1. The second kappa shape index (κ2) is 9.93. The molecular formula is C26H36N2O2. The molecule has 1 aromatic carbocycles. The van der Waals surface area contributed by atoms with Gasteiger partial charge in [0.2, 0.25) is 0 Å². The van der Waals surface area contributed by atoms with Crippen molar-refractivity contribution in [2.75, 3.05) is 32.7 Å². The molecule has 0 bridgehead atoms. The van der Waals surface area contributed by atoms with Crippen LogP contribution in [-0.4, -0.2) is 54.6 Å². The molecular weight excluding hydrogens is 372 g/mol. The van der Waals surface area contributed by atoms with Gasteiger partial charge in [0.1, 0.15) is 6.10 Å². The first-order chi connectivity index (χ1) is 14.6. The van der Waals surface area contributed by atoms with Crippen molar-refractivity contribution in [2.45, 2.75) is 52.2 Å². The van der Waals surface area contributed by atoms with E-state index in [2.05, 4.69) is 66.1 Å². The molecule has 162 valence electrons. The molecule has 2 aliphatic heterocycles. The zero-order valence-corrected chi connectivity index (χ0v) is 18.6. The zero-order valence-electron chi connectivity index (χ0n) is 18.6. The van der Waals surface area contributed by atoms with Crippen LogP contribution in [0.15, 0.2) is 53.6 Å². The Hall–Kier alpha value is -1.91. The monoisotopic (exact) mass is 408 g/mol. The fourth-order valence-corrected chi connectivity index (χ4v) is 5.10. The van der Waals surface area contributed by atoms with E-state index in [0.29, 0.717) is 5.92 Å². The molecule has 4 heteroatoms. The summed E-state index contributed by atoms with van der Waals surface area (Å²) in [6, 6.07) is 10.7. The van der Waals surface area contributed by atoms with Gasteiger partial charge in [-0.05, 0) is 51.2 Å². The number of esters is 1. The Kier molecular flexibility index (Phi) is 7.06. The predicted octanol–water partition coefficient (Wildman–Crippen LogP) is 4.43. The summed E-state index contributed by atoms with van der Waals surface area (Å²) in [7, 11) is 0. The Morgan fingerprint density at radius 2 is 1.70 bits per heavy atom. The highest BCUT2D eigenvalue weighted by atomic mass is 16.6. The van der Waals surface area contributed by atoms with Crippen LogP contribution in [0.4, 0.5) is 0 Å². The minimum atomic E-state index is -0.0345. The average molecular weight is 409 g/mol. The van der Waals surface area contributed by atoms with Gasteiger partial charge in [-0.25, -0.2) is 0 Å². The number of ether oxygens (including phenoxy) is 1. The van der Waals surface area contributed by atoms with Crippen LogP contribution in [0.5, 0.6) is 0 Å². The topological polar surface area (TPSA) is 32.8 Å². The van der Waals surface area contributed by atoms with Gasteiger partial charge >= 0.3 is 5.97 Å². The van der Waals surface area contributed by atoms with Crippen molar-refractivity contribution in [3.05, 3.63) is 59.2 Å². The fourth-order valence-electron chi connectivity index (χ4n) is 5.10. The second-order valence-corrected chi connectivity index (χ2v) is 9.38. The van der Waals surface area contributed by atoms with Gasteiger partial charge in [0.25, 0.3) is 0 Å². The van der Waals surface area contributed by atoms with Gasteiger partial charge in [-0.1, -0.05) is 47.6 Å². The molecule has 4 nitrogen and oxygen atoms in total. The summed E-state index contributed by atoms with van der Waals surface area (Å²) >= 11 is 0. The molecule has 30 heavy (non-hydrogen) atoms. The first-order valence-corrected chi connectivity index (χ1v) is 11.6. The smallest absolute Gasteiger partial charge is 0.311 e. The molecule has 4 rings (SSSR count). The van der Waals surface area contributed by atoms with Crippen LogP contribution in [0.3, 0.4) is 0 Å². The summed E-state index contributed by atoms with van der Waals surface area (Å²) in [6.07, 6.45) is 8.84. The summed E-state index contributed by atoms with van der Waals surface area (Å²) in [6.45, 7) is 10.4. The van der Waals surface area contributed by atoms with Gasteiger partial charge in [0, 0.05) is 45.2 Å². The highest BCUT2D eigenvalue weighted by Crippen LogP contribution is 2.36. The number of hydrogen-bond donors (Lipinski definition) is 0. The van der Waals surface area contributed by atoms with Crippen LogP contribution in [0.2, 0.25) is 0 Å². The lowest BCUT2D eigenvalue weighted by Crippen LogP contribution is -2.48. The molecule has 0 unspecified atom stereocenters. The molecule has 0 N–H and O–H groups in total. The summed E-state index contributed by atoms with van der Waals surface area (Å²) in [4.78, 5) is 17.8. The first-order valence-electron chi connectivity index (χ1n) is 11.6. The van der Waals surface area contributed by atoms with Gasteiger partial charge in [-0.15, -0.1) is 0 Å². The Balaban J connectivity index is 1.35. The number of allylic oxidation sites excluding steroid dienone is 3. The summed E-state index contributed by atoms with van der Waals surface area (Å²) < 4.78 is 5.89. The van der Waals surface area contributed by atoms with Gasteiger partial charge in [-0.3, -0.25) is 14.6 Å². The highest BCUT2D eigenvalue weighted by molar-refractivity contribution is 5.76. The first kappa shape index (κ1) is 21.3. The van der Waals surface area contributed by atoms with E-state index in [9.17, 15) is 4.79 Å². The number of hydrogen-bond acceptors (Lipinski definition) is 4. The predicted molar refractivity (Wildman–Crippen MR) is 121 cm³/mol. The summed E-state index contributed by atoms with van der Waals surface area (Å²) in [5, 5.41) is 0. The van der Waals surface area contributed by atoms with Gasteiger partial charge < -0.3 is 4.74 Å². The summed E-state index contributed by atoms with van der Waals surface area (Å²) in [5.41, 5.74) is 4.18. The van der Waals surface area contributed by atoms with E-state index in [0.717, 1.165) is 65.0 Å². The lowest BCUT2D eigenvalue weighted by molar-refractivity contribution is -0.143. The molecule has 0 amide bonds. The number of rotatable bonds is 4. The number of fused-ring (bicyclic) bond motifs is 1. The van der Waals surface area contributed by atoms with Gasteiger partial charge in [0.05, 0.1) is 5.92 Å². The Bertz CT molecular complexity index is 777. The van der Waals surface area contributed by atoms with E-state index >= 15 is 0 Å². The molecule has 2 fully saturated rings. The molecule has 3 aliphatic rings. The van der Waals surface area contributed by atoms with Crippen LogP contribution < -0.4 is 0 Å². The Morgan fingerprint density at radius 3 is 2.47 bits per heavy atom. The SMILES string of the molecule is CC1=CCC/C(C)=C/[C@H]2OC(=O)[C@@H](CN3CCN(Cc4ccccc4)CC3)[C@@H]2CC1. The van der Waals surface area contributed by atoms with Gasteiger partial charge in [0.15, 0.2) is 0 Å². The lowest BCUT2D eigenvalue weighted by atomic mass is 9.83. The van der Waals surface area contributed by atoms with E-state index in [1.165, 1.54) is 16.7 Å². The molecule has 1 aliphatic carbocycles. The minimum absolute atomic E-state index is 0.00644. The van der Waals surface area contributed by atoms with Crippen LogP contribution in [0.25, 0.3) is 0 Å². The molecule has 2 saturated heterocycles. The number of piperazine rings is 1. The van der Waals surface area contributed by atoms with E-state index < -0.39 is 0 Å². The second-order valence-electron chi connectivity index (χ2n) is 9.38. The van der Waals surface area contributed by atoms with Crippen molar-refractivity contribution in [1.82, 2.24) is 9.80 Å². The van der Waals surface area contributed by atoms with E-state index in [-0.39, 0.29) is 18.0 Å². The van der Waals surface area contributed by atoms with E-state index in [1.54, 1.807) is 0 Å². The molecule has 0 radical (unpaired) electrons. The van der Waals surface area contributed by atoms with E-state index in [1.807, 2.05) is 0 Å². The number of carbonyl (C=O) groups is 1. The highest BCUT2D eigenvalue weighted by Gasteiger charge is 2.44. The van der Waals surface area contributed by atoms with Crippen molar-refractivity contribution in [2.24, 2.45) is 11.8 Å². The van der Waals surface area contributed by atoms with Crippen molar-refractivity contribution >= 4 is 5.97 Å². The quantitative estimate of drug-likeness (QED) is 0.545. The van der Waals surface area contributed by atoms with Crippen LogP contribution >= 0.6 is 0 Å². The lowest BCUT2D eigenvalue weighted by Gasteiger charge is -2.36. The van der Waals surface area contributed by atoms with Crippen molar-refractivity contribution in [1.29, 1.82) is 0 Å². The van der Waals surface area contributed by atoms with Crippen molar-refractivity contribution < 1.29 is 9.53 Å². The van der Waals surface area contributed by atoms with Crippen molar-refractivity contribution in [3.63, 3.8) is 0 Å². The third-order valence-corrected chi connectivity index (χ3v) is 7.01. The molecule has 0 saturated carbocycles. The van der Waals surface area contributed by atoms with Gasteiger partial charge in [-0.2, -0.15) is 0 Å². The summed E-state index contributed by atoms with van der Waals surface area (Å²) in [5.74, 6) is 0.324. The number of nitrogens with zero attached hydrogens (tertiary/aromatic N) is 2. The maximum atomic E-state index is 12.8. The number of benzene rings is 1. The minimum Gasteiger partial charge on any atom is -0.458 e. The maximum absolute atomic E-state index is 12.8. The van der Waals surface area contributed by atoms with Crippen LogP contribution in [0, 0.1) is 11.8 Å². The molecule has 0 aromatic heterocycles. The molecule has 1 aromatic rings. The number of carbonyl (C=O) groups excluding carboxylic acids is 1. The Morgan fingerprint density at radius 1 is 0.967 bits per heavy atom. The van der Waals surface area contributed by atoms with E-state index in [4.69, 9.17) is 4.74 Å². The largest absolute Gasteiger partial charge is 0.458 e. The molecule has 2 heterocycles. The normalized spacial score (nSPS) is 30.7. The molecule has 3 atom stereocenters. The zero-order chi connectivity index (χ0) is 20.9. The molecule has 0 spiro atoms. The third-order valence-electron chi connectivity index (χ3n) is 7.01. The van der Waals surface area contributed by atoms with Crippen LogP contribution in [-0.2, 0) is 16.1 Å². The van der Waals surface area contributed by atoms with Crippen molar-refractivity contribution in [3.8, 4) is 0 Å². The fraction of sp³-hybridized carbons (Fsp3) is 0.577. The maximum Gasteiger partial charge on any atom is 0.311 e.